The Kier molecular flexibility index (Phi) is 5.39. The van der Waals surface area contributed by atoms with Gasteiger partial charge in [-0.1, -0.05) is 22.9 Å². The van der Waals surface area contributed by atoms with Crippen molar-refractivity contribution in [3.63, 3.8) is 0 Å². The molecule has 1 aromatic rings. The SMILES string of the molecule is CCC(CCBr)NC(=O)c1ccoc1Br. The second kappa shape index (κ2) is 6.33. The van der Waals surface area contributed by atoms with Gasteiger partial charge < -0.3 is 9.73 Å². The van der Waals surface area contributed by atoms with Crippen LogP contribution in [0.1, 0.15) is 30.1 Å². The Morgan fingerprint density at radius 2 is 2.40 bits per heavy atom. The molecule has 0 fully saturated rings. The van der Waals surface area contributed by atoms with Crippen LogP contribution in [0.5, 0.6) is 0 Å². The van der Waals surface area contributed by atoms with E-state index in [4.69, 9.17) is 4.42 Å². The molecule has 0 spiro atoms. The van der Waals surface area contributed by atoms with E-state index in [2.05, 4.69) is 44.1 Å². The highest BCUT2D eigenvalue weighted by Gasteiger charge is 2.15. The van der Waals surface area contributed by atoms with Gasteiger partial charge in [-0.15, -0.1) is 0 Å². The predicted octanol–water partition coefficient (Wildman–Crippen LogP) is 3.34. The number of carbonyl (C=O) groups is 1. The van der Waals surface area contributed by atoms with Gasteiger partial charge in [-0.3, -0.25) is 4.79 Å². The van der Waals surface area contributed by atoms with Gasteiger partial charge in [0, 0.05) is 11.4 Å². The number of furan rings is 1. The third kappa shape index (κ3) is 3.65. The molecule has 1 rings (SSSR count). The summed E-state index contributed by atoms with van der Waals surface area (Å²) in [5, 5.41) is 3.84. The summed E-state index contributed by atoms with van der Waals surface area (Å²) in [6.07, 6.45) is 3.34. The third-order valence-electron chi connectivity index (χ3n) is 2.15. The Balaban J connectivity index is 2.58. The molecule has 84 valence electrons. The van der Waals surface area contributed by atoms with Gasteiger partial charge in [0.15, 0.2) is 4.67 Å². The van der Waals surface area contributed by atoms with Crippen LogP contribution in [0.4, 0.5) is 0 Å². The van der Waals surface area contributed by atoms with E-state index in [1.807, 2.05) is 0 Å². The Morgan fingerprint density at radius 3 is 2.87 bits per heavy atom. The largest absolute Gasteiger partial charge is 0.457 e. The van der Waals surface area contributed by atoms with Crippen LogP contribution in [0.3, 0.4) is 0 Å². The number of carbonyl (C=O) groups excluding carboxylic acids is 1. The minimum atomic E-state index is -0.0941. The van der Waals surface area contributed by atoms with Gasteiger partial charge in [0.2, 0.25) is 0 Å². The second-order valence-electron chi connectivity index (χ2n) is 3.16. The zero-order chi connectivity index (χ0) is 11.3. The van der Waals surface area contributed by atoms with Crippen LogP contribution in [0.15, 0.2) is 21.4 Å². The van der Waals surface area contributed by atoms with Gasteiger partial charge in [0.05, 0.1) is 11.8 Å². The number of amides is 1. The Bertz CT molecular complexity index is 325. The molecule has 1 N–H and O–H groups in total. The van der Waals surface area contributed by atoms with Crippen LogP contribution in [0.2, 0.25) is 0 Å². The topological polar surface area (TPSA) is 42.2 Å². The minimum Gasteiger partial charge on any atom is -0.457 e. The number of alkyl halides is 1. The molecule has 0 aliphatic carbocycles. The molecule has 1 aromatic heterocycles. The van der Waals surface area contributed by atoms with Gasteiger partial charge in [-0.05, 0) is 34.8 Å². The van der Waals surface area contributed by atoms with Crippen molar-refractivity contribution < 1.29 is 9.21 Å². The first-order valence-corrected chi connectivity index (χ1v) is 6.70. The maximum absolute atomic E-state index is 11.8. The van der Waals surface area contributed by atoms with Crippen LogP contribution in [-0.4, -0.2) is 17.3 Å². The van der Waals surface area contributed by atoms with Crippen molar-refractivity contribution in [1.82, 2.24) is 5.32 Å². The number of rotatable bonds is 5. The standard InChI is InChI=1S/C10H13Br2NO2/c1-2-7(3-5-11)13-10(14)8-4-6-15-9(8)12/h4,6-7H,2-3,5H2,1H3,(H,13,14). The monoisotopic (exact) mass is 337 g/mol. The van der Waals surface area contributed by atoms with E-state index in [0.717, 1.165) is 18.2 Å². The Hall–Kier alpha value is -0.290. The summed E-state index contributed by atoms with van der Waals surface area (Å²) in [5.41, 5.74) is 0.544. The molecule has 0 saturated heterocycles. The van der Waals surface area contributed by atoms with Gasteiger partial charge in [0.1, 0.15) is 0 Å². The summed E-state index contributed by atoms with van der Waals surface area (Å²) in [6, 6.07) is 1.86. The quantitative estimate of drug-likeness (QED) is 0.837. The highest BCUT2D eigenvalue weighted by Crippen LogP contribution is 2.17. The maximum atomic E-state index is 11.8. The van der Waals surface area contributed by atoms with Crippen molar-refractivity contribution in [2.45, 2.75) is 25.8 Å². The zero-order valence-electron chi connectivity index (χ0n) is 8.43. The maximum Gasteiger partial charge on any atom is 0.255 e. The Labute approximate surface area is 106 Å². The van der Waals surface area contributed by atoms with Crippen LogP contribution in [0.25, 0.3) is 0 Å². The molecule has 1 amide bonds. The smallest absolute Gasteiger partial charge is 0.255 e. The number of hydrogen-bond donors (Lipinski definition) is 1. The average Bonchev–Trinajstić information content (AvgIpc) is 2.63. The third-order valence-corrected chi connectivity index (χ3v) is 3.22. The van der Waals surface area contributed by atoms with Crippen molar-refractivity contribution in [1.29, 1.82) is 0 Å². The van der Waals surface area contributed by atoms with E-state index in [0.29, 0.717) is 10.2 Å². The molecule has 0 aromatic carbocycles. The van der Waals surface area contributed by atoms with Crippen molar-refractivity contribution >= 4 is 37.8 Å². The molecule has 15 heavy (non-hydrogen) atoms. The first kappa shape index (κ1) is 12.8. The van der Waals surface area contributed by atoms with Gasteiger partial charge in [-0.2, -0.15) is 0 Å². The summed E-state index contributed by atoms with van der Waals surface area (Å²) in [7, 11) is 0. The predicted molar refractivity (Wildman–Crippen MR) is 66.4 cm³/mol. The molecule has 0 radical (unpaired) electrons. The molecular weight excluding hydrogens is 326 g/mol. The zero-order valence-corrected chi connectivity index (χ0v) is 11.6. The van der Waals surface area contributed by atoms with E-state index < -0.39 is 0 Å². The molecule has 1 atom stereocenters. The molecule has 0 aliphatic heterocycles. The average molecular weight is 339 g/mol. The lowest BCUT2D eigenvalue weighted by molar-refractivity contribution is 0.0933. The normalized spacial score (nSPS) is 12.5. The lowest BCUT2D eigenvalue weighted by Gasteiger charge is -2.14. The summed E-state index contributed by atoms with van der Waals surface area (Å²) in [5.74, 6) is -0.0941. The molecule has 3 nitrogen and oxygen atoms in total. The lowest BCUT2D eigenvalue weighted by atomic mass is 10.1. The molecule has 1 unspecified atom stereocenters. The summed E-state index contributed by atoms with van der Waals surface area (Å²) in [6.45, 7) is 2.05. The first-order chi connectivity index (χ1) is 7.19. The molecular formula is C10H13Br2NO2. The summed E-state index contributed by atoms with van der Waals surface area (Å²) < 4.78 is 5.49. The first-order valence-electron chi connectivity index (χ1n) is 4.78. The fraction of sp³-hybridized carbons (Fsp3) is 0.500. The molecule has 0 aliphatic rings. The second-order valence-corrected chi connectivity index (χ2v) is 4.68. The molecule has 1 heterocycles. The van der Waals surface area contributed by atoms with Crippen LogP contribution < -0.4 is 5.32 Å². The number of halogens is 2. The van der Waals surface area contributed by atoms with Crippen LogP contribution in [0, 0.1) is 0 Å². The van der Waals surface area contributed by atoms with Gasteiger partial charge in [0.25, 0.3) is 5.91 Å². The molecule has 0 bridgehead atoms. The van der Waals surface area contributed by atoms with Crippen molar-refractivity contribution in [2.75, 3.05) is 5.33 Å². The lowest BCUT2D eigenvalue weighted by Crippen LogP contribution is -2.34. The fourth-order valence-corrected chi connectivity index (χ4v) is 2.20. The van der Waals surface area contributed by atoms with Gasteiger partial charge >= 0.3 is 0 Å². The number of hydrogen-bond acceptors (Lipinski definition) is 2. The fourth-order valence-electron chi connectivity index (χ4n) is 1.23. The summed E-state index contributed by atoms with van der Waals surface area (Å²) in [4.78, 5) is 11.8. The van der Waals surface area contributed by atoms with Gasteiger partial charge in [-0.25, -0.2) is 0 Å². The van der Waals surface area contributed by atoms with E-state index in [-0.39, 0.29) is 11.9 Å². The molecule has 5 heteroatoms. The Morgan fingerprint density at radius 1 is 1.67 bits per heavy atom. The van der Waals surface area contributed by atoms with Crippen molar-refractivity contribution in [2.24, 2.45) is 0 Å². The van der Waals surface area contributed by atoms with Crippen molar-refractivity contribution in [3.8, 4) is 0 Å². The van der Waals surface area contributed by atoms with E-state index in [9.17, 15) is 4.79 Å². The van der Waals surface area contributed by atoms with Crippen LogP contribution >= 0.6 is 31.9 Å². The van der Waals surface area contributed by atoms with Crippen LogP contribution in [-0.2, 0) is 0 Å². The van der Waals surface area contributed by atoms with E-state index in [1.165, 1.54) is 6.26 Å². The minimum absolute atomic E-state index is 0.0941. The number of nitrogens with one attached hydrogen (secondary N) is 1. The van der Waals surface area contributed by atoms with Crippen molar-refractivity contribution in [3.05, 3.63) is 22.6 Å². The summed E-state index contributed by atoms with van der Waals surface area (Å²) >= 11 is 6.55. The highest BCUT2D eigenvalue weighted by molar-refractivity contribution is 9.10. The van der Waals surface area contributed by atoms with E-state index >= 15 is 0 Å². The van der Waals surface area contributed by atoms with E-state index in [1.54, 1.807) is 6.07 Å². The molecule has 0 saturated carbocycles. The highest BCUT2D eigenvalue weighted by atomic mass is 79.9.